The van der Waals surface area contributed by atoms with Gasteiger partial charge in [-0.3, -0.25) is 4.79 Å². The standard InChI is InChI=1S/C12H20N4O2/c1-9-13-10(15(2)3)8-11(14-9)16(4)7-6-12(17)18-5/h8H,6-7H2,1-5H3. The molecule has 1 aromatic heterocycles. The molecule has 0 amide bonds. The van der Waals surface area contributed by atoms with E-state index >= 15 is 0 Å². The summed E-state index contributed by atoms with van der Waals surface area (Å²) in [5, 5.41) is 0. The number of rotatable bonds is 5. The maximum atomic E-state index is 11.1. The lowest BCUT2D eigenvalue weighted by atomic mass is 10.3. The molecule has 0 radical (unpaired) electrons. The first-order valence-corrected chi connectivity index (χ1v) is 5.75. The molecular formula is C12H20N4O2. The van der Waals surface area contributed by atoms with E-state index in [1.165, 1.54) is 7.11 Å². The van der Waals surface area contributed by atoms with Gasteiger partial charge in [-0.25, -0.2) is 9.97 Å². The first-order chi connectivity index (χ1) is 8.43. The largest absolute Gasteiger partial charge is 0.469 e. The van der Waals surface area contributed by atoms with Crippen molar-refractivity contribution in [1.29, 1.82) is 0 Å². The Bertz CT molecular complexity index is 421. The zero-order valence-electron chi connectivity index (χ0n) is 11.6. The lowest BCUT2D eigenvalue weighted by Gasteiger charge is -2.20. The highest BCUT2D eigenvalue weighted by Gasteiger charge is 2.09. The smallest absolute Gasteiger partial charge is 0.307 e. The van der Waals surface area contributed by atoms with E-state index in [0.717, 1.165) is 11.6 Å². The number of aryl methyl sites for hydroxylation is 1. The minimum Gasteiger partial charge on any atom is -0.469 e. The minimum atomic E-state index is -0.222. The van der Waals surface area contributed by atoms with Crippen molar-refractivity contribution in [3.8, 4) is 0 Å². The van der Waals surface area contributed by atoms with E-state index in [-0.39, 0.29) is 5.97 Å². The average Bonchev–Trinajstić information content (AvgIpc) is 2.34. The number of hydrogen-bond acceptors (Lipinski definition) is 6. The van der Waals surface area contributed by atoms with Crippen molar-refractivity contribution in [3.05, 3.63) is 11.9 Å². The normalized spacial score (nSPS) is 10.1. The third-order valence-electron chi connectivity index (χ3n) is 2.54. The predicted molar refractivity (Wildman–Crippen MR) is 71.0 cm³/mol. The van der Waals surface area contributed by atoms with Gasteiger partial charge in [0.15, 0.2) is 0 Å². The van der Waals surface area contributed by atoms with Crippen molar-refractivity contribution in [1.82, 2.24) is 9.97 Å². The van der Waals surface area contributed by atoms with Gasteiger partial charge in [0.05, 0.1) is 13.5 Å². The summed E-state index contributed by atoms with van der Waals surface area (Å²) in [5.74, 6) is 2.14. The first-order valence-electron chi connectivity index (χ1n) is 5.75. The zero-order chi connectivity index (χ0) is 13.7. The zero-order valence-corrected chi connectivity index (χ0v) is 11.6. The minimum absolute atomic E-state index is 0.222. The molecule has 1 rings (SSSR count). The van der Waals surface area contributed by atoms with E-state index in [1.807, 2.05) is 43.9 Å². The predicted octanol–water partition coefficient (Wildman–Crippen LogP) is 0.850. The quantitative estimate of drug-likeness (QED) is 0.724. The molecule has 0 N–H and O–H groups in total. The average molecular weight is 252 g/mol. The Morgan fingerprint density at radius 1 is 1.28 bits per heavy atom. The summed E-state index contributed by atoms with van der Waals surface area (Å²) >= 11 is 0. The Morgan fingerprint density at radius 3 is 2.44 bits per heavy atom. The number of anilines is 2. The van der Waals surface area contributed by atoms with Crippen molar-refractivity contribution in [2.75, 3.05) is 44.6 Å². The molecule has 6 heteroatoms. The highest BCUT2D eigenvalue weighted by atomic mass is 16.5. The molecule has 0 aliphatic carbocycles. The Balaban J connectivity index is 2.78. The fourth-order valence-corrected chi connectivity index (χ4v) is 1.44. The van der Waals surface area contributed by atoms with Crippen LogP contribution >= 0.6 is 0 Å². The summed E-state index contributed by atoms with van der Waals surface area (Å²) in [4.78, 5) is 23.6. The second-order valence-corrected chi connectivity index (χ2v) is 4.27. The van der Waals surface area contributed by atoms with Crippen LogP contribution in [0.2, 0.25) is 0 Å². The SMILES string of the molecule is COC(=O)CCN(C)c1cc(N(C)C)nc(C)n1. The number of esters is 1. The molecule has 1 aromatic rings. The van der Waals surface area contributed by atoms with Crippen LogP contribution in [0.25, 0.3) is 0 Å². The third kappa shape index (κ3) is 3.87. The van der Waals surface area contributed by atoms with Crippen molar-refractivity contribution < 1.29 is 9.53 Å². The third-order valence-corrected chi connectivity index (χ3v) is 2.54. The molecule has 0 fully saturated rings. The Morgan fingerprint density at radius 2 is 1.89 bits per heavy atom. The summed E-state index contributed by atoms with van der Waals surface area (Å²) in [7, 11) is 7.14. The second-order valence-electron chi connectivity index (χ2n) is 4.27. The second kappa shape index (κ2) is 6.18. The van der Waals surface area contributed by atoms with Crippen LogP contribution in [0.1, 0.15) is 12.2 Å². The fraction of sp³-hybridized carbons (Fsp3) is 0.583. The monoisotopic (exact) mass is 252 g/mol. The molecule has 0 aliphatic heterocycles. The molecule has 0 aromatic carbocycles. The van der Waals surface area contributed by atoms with Crippen LogP contribution in [0.3, 0.4) is 0 Å². The van der Waals surface area contributed by atoms with Crippen LogP contribution in [-0.2, 0) is 9.53 Å². The van der Waals surface area contributed by atoms with Crippen LogP contribution in [0.5, 0.6) is 0 Å². The molecule has 0 bridgehead atoms. The summed E-state index contributed by atoms with van der Waals surface area (Å²) in [6.45, 7) is 2.42. The van der Waals surface area contributed by atoms with Crippen LogP contribution in [0.4, 0.5) is 11.6 Å². The Hall–Kier alpha value is -1.85. The van der Waals surface area contributed by atoms with E-state index in [2.05, 4.69) is 14.7 Å². The van der Waals surface area contributed by atoms with Gasteiger partial charge in [-0.2, -0.15) is 0 Å². The Kier molecular flexibility index (Phi) is 4.88. The van der Waals surface area contributed by atoms with Crippen LogP contribution in [-0.4, -0.2) is 50.7 Å². The lowest BCUT2D eigenvalue weighted by molar-refractivity contribution is -0.140. The van der Waals surface area contributed by atoms with Gasteiger partial charge in [-0.1, -0.05) is 0 Å². The van der Waals surface area contributed by atoms with E-state index in [9.17, 15) is 4.79 Å². The molecular weight excluding hydrogens is 232 g/mol. The van der Waals surface area contributed by atoms with E-state index in [1.54, 1.807) is 0 Å². The van der Waals surface area contributed by atoms with Crippen molar-refractivity contribution in [2.45, 2.75) is 13.3 Å². The number of methoxy groups -OCH3 is 1. The van der Waals surface area contributed by atoms with Gasteiger partial charge in [0, 0.05) is 33.8 Å². The van der Waals surface area contributed by atoms with Crippen LogP contribution < -0.4 is 9.80 Å². The van der Waals surface area contributed by atoms with Gasteiger partial charge in [-0.15, -0.1) is 0 Å². The number of hydrogen-bond donors (Lipinski definition) is 0. The van der Waals surface area contributed by atoms with E-state index in [0.29, 0.717) is 18.8 Å². The van der Waals surface area contributed by atoms with Gasteiger partial charge < -0.3 is 14.5 Å². The number of carbonyl (C=O) groups excluding carboxylic acids is 1. The molecule has 0 saturated carbocycles. The topological polar surface area (TPSA) is 58.6 Å². The highest BCUT2D eigenvalue weighted by molar-refractivity contribution is 5.70. The maximum absolute atomic E-state index is 11.1. The number of carbonyl (C=O) groups is 1. The molecule has 18 heavy (non-hydrogen) atoms. The van der Waals surface area contributed by atoms with Gasteiger partial charge in [0.2, 0.25) is 0 Å². The molecule has 0 aliphatic rings. The first kappa shape index (κ1) is 14.2. The van der Waals surface area contributed by atoms with Crippen molar-refractivity contribution in [3.63, 3.8) is 0 Å². The van der Waals surface area contributed by atoms with E-state index in [4.69, 9.17) is 0 Å². The lowest BCUT2D eigenvalue weighted by Crippen LogP contribution is -2.23. The maximum Gasteiger partial charge on any atom is 0.307 e. The summed E-state index contributed by atoms with van der Waals surface area (Å²) in [6.07, 6.45) is 0.341. The molecule has 0 saturated heterocycles. The highest BCUT2D eigenvalue weighted by Crippen LogP contribution is 2.16. The van der Waals surface area contributed by atoms with Crippen LogP contribution in [0, 0.1) is 6.92 Å². The van der Waals surface area contributed by atoms with Crippen molar-refractivity contribution in [2.24, 2.45) is 0 Å². The molecule has 1 heterocycles. The summed E-state index contributed by atoms with van der Waals surface area (Å²) < 4.78 is 4.62. The van der Waals surface area contributed by atoms with Gasteiger partial charge in [-0.05, 0) is 6.92 Å². The fourth-order valence-electron chi connectivity index (χ4n) is 1.44. The van der Waals surface area contributed by atoms with Crippen molar-refractivity contribution >= 4 is 17.6 Å². The molecule has 6 nitrogen and oxygen atoms in total. The summed E-state index contributed by atoms with van der Waals surface area (Å²) in [5.41, 5.74) is 0. The number of ether oxygens (including phenoxy) is 1. The molecule has 100 valence electrons. The van der Waals surface area contributed by atoms with E-state index < -0.39 is 0 Å². The van der Waals surface area contributed by atoms with Gasteiger partial charge >= 0.3 is 5.97 Å². The Labute approximate surface area is 108 Å². The summed E-state index contributed by atoms with van der Waals surface area (Å²) in [6, 6.07) is 1.89. The molecule has 0 spiro atoms. The molecule has 0 unspecified atom stereocenters. The molecule has 0 atom stereocenters. The number of nitrogens with zero attached hydrogens (tertiary/aromatic N) is 4. The van der Waals surface area contributed by atoms with Gasteiger partial charge in [0.25, 0.3) is 0 Å². The number of aromatic nitrogens is 2. The van der Waals surface area contributed by atoms with Crippen LogP contribution in [0.15, 0.2) is 6.07 Å². The van der Waals surface area contributed by atoms with Gasteiger partial charge in [0.1, 0.15) is 17.5 Å².